The SMILES string of the molecule is CN=C(C=NO)SC. The summed E-state index contributed by atoms with van der Waals surface area (Å²) in [4.78, 5) is 3.77. The molecule has 46 valence electrons. The van der Waals surface area contributed by atoms with Crippen LogP contribution in [0, 0.1) is 0 Å². The van der Waals surface area contributed by atoms with Crippen molar-refractivity contribution in [2.75, 3.05) is 13.3 Å². The van der Waals surface area contributed by atoms with Gasteiger partial charge in [-0.25, -0.2) is 0 Å². The van der Waals surface area contributed by atoms with Gasteiger partial charge in [0.05, 0.1) is 6.21 Å². The van der Waals surface area contributed by atoms with E-state index in [0.29, 0.717) is 5.04 Å². The van der Waals surface area contributed by atoms with Crippen LogP contribution in [0.1, 0.15) is 0 Å². The van der Waals surface area contributed by atoms with Gasteiger partial charge >= 0.3 is 0 Å². The zero-order chi connectivity index (χ0) is 6.41. The van der Waals surface area contributed by atoms with Gasteiger partial charge in [-0.2, -0.15) is 0 Å². The summed E-state index contributed by atoms with van der Waals surface area (Å²) in [5.41, 5.74) is 0. The summed E-state index contributed by atoms with van der Waals surface area (Å²) in [6, 6.07) is 0. The number of thioether (sulfide) groups is 1. The molecule has 0 rings (SSSR count). The number of aliphatic imine (C=N–C) groups is 1. The summed E-state index contributed by atoms with van der Waals surface area (Å²) in [5, 5.41) is 11.5. The Hall–Kier alpha value is -0.510. The first kappa shape index (κ1) is 7.49. The van der Waals surface area contributed by atoms with Crippen LogP contribution in [0.4, 0.5) is 0 Å². The Morgan fingerprint density at radius 3 is 2.50 bits per heavy atom. The Bertz CT molecular complexity index is 108. The van der Waals surface area contributed by atoms with Gasteiger partial charge < -0.3 is 5.21 Å². The molecule has 0 aromatic heterocycles. The molecule has 0 heterocycles. The van der Waals surface area contributed by atoms with Crippen molar-refractivity contribution in [2.24, 2.45) is 10.1 Å². The molecule has 0 aromatic carbocycles. The second-order valence-electron chi connectivity index (χ2n) is 1.01. The maximum absolute atomic E-state index is 7.97. The van der Waals surface area contributed by atoms with Crippen LogP contribution in [-0.4, -0.2) is 29.8 Å². The van der Waals surface area contributed by atoms with E-state index in [0.717, 1.165) is 0 Å². The van der Waals surface area contributed by atoms with Gasteiger partial charge in [0.1, 0.15) is 5.04 Å². The van der Waals surface area contributed by atoms with Gasteiger partial charge in [0, 0.05) is 7.05 Å². The van der Waals surface area contributed by atoms with Crippen molar-refractivity contribution in [1.82, 2.24) is 0 Å². The molecular weight excluding hydrogens is 124 g/mol. The highest BCUT2D eigenvalue weighted by Crippen LogP contribution is 1.92. The van der Waals surface area contributed by atoms with Gasteiger partial charge in [-0.15, -0.1) is 11.8 Å². The van der Waals surface area contributed by atoms with Crippen molar-refractivity contribution in [3.8, 4) is 0 Å². The summed E-state index contributed by atoms with van der Waals surface area (Å²) in [7, 11) is 1.65. The molecule has 0 aliphatic heterocycles. The molecule has 0 aliphatic rings. The first-order chi connectivity index (χ1) is 3.85. The summed E-state index contributed by atoms with van der Waals surface area (Å²) in [5.74, 6) is 0. The second kappa shape index (κ2) is 4.64. The van der Waals surface area contributed by atoms with Crippen molar-refractivity contribution in [2.45, 2.75) is 0 Å². The predicted molar refractivity (Wildman–Crippen MR) is 37.2 cm³/mol. The summed E-state index contributed by atoms with van der Waals surface area (Å²) in [6.07, 6.45) is 3.16. The Morgan fingerprint density at radius 2 is 2.38 bits per heavy atom. The quantitative estimate of drug-likeness (QED) is 0.249. The number of hydrogen-bond acceptors (Lipinski definition) is 4. The maximum atomic E-state index is 7.97. The van der Waals surface area contributed by atoms with Crippen molar-refractivity contribution in [3.63, 3.8) is 0 Å². The van der Waals surface area contributed by atoms with E-state index in [1.165, 1.54) is 18.0 Å². The van der Waals surface area contributed by atoms with Crippen LogP contribution < -0.4 is 0 Å². The first-order valence-corrected chi connectivity index (χ1v) is 3.25. The van der Waals surface area contributed by atoms with Gasteiger partial charge in [-0.1, -0.05) is 5.16 Å². The third kappa shape index (κ3) is 2.63. The van der Waals surface area contributed by atoms with E-state index in [1.807, 2.05) is 6.26 Å². The standard InChI is InChI=1S/C4H8N2OS/c1-5-4(8-2)3-6-7/h3,7H,1-2H3. The Balaban J connectivity index is 3.72. The largest absolute Gasteiger partial charge is 0.411 e. The smallest absolute Gasteiger partial charge is 0.111 e. The van der Waals surface area contributed by atoms with Gasteiger partial charge in [-0.05, 0) is 6.26 Å². The first-order valence-electron chi connectivity index (χ1n) is 2.03. The highest BCUT2D eigenvalue weighted by molar-refractivity contribution is 8.14. The van der Waals surface area contributed by atoms with E-state index in [4.69, 9.17) is 5.21 Å². The molecule has 0 aliphatic carbocycles. The van der Waals surface area contributed by atoms with Crippen LogP contribution in [0.3, 0.4) is 0 Å². The third-order valence-electron chi connectivity index (χ3n) is 0.598. The summed E-state index contributed by atoms with van der Waals surface area (Å²) < 4.78 is 0. The number of hydrogen-bond donors (Lipinski definition) is 1. The molecule has 0 atom stereocenters. The molecule has 4 heteroatoms. The number of oxime groups is 1. The highest BCUT2D eigenvalue weighted by atomic mass is 32.2. The molecule has 0 aromatic rings. The van der Waals surface area contributed by atoms with E-state index in [1.54, 1.807) is 7.05 Å². The molecule has 0 spiro atoms. The topological polar surface area (TPSA) is 45.0 Å². The van der Waals surface area contributed by atoms with Crippen LogP contribution in [0.25, 0.3) is 0 Å². The van der Waals surface area contributed by atoms with E-state index in [2.05, 4.69) is 10.1 Å². The normalized spacial score (nSPS) is 13.0. The molecule has 0 amide bonds. The fourth-order valence-corrected chi connectivity index (χ4v) is 0.586. The second-order valence-corrected chi connectivity index (χ2v) is 1.84. The monoisotopic (exact) mass is 132 g/mol. The molecule has 0 fully saturated rings. The van der Waals surface area contributed by atoms with Crippen LogP contribution in [0.5, 0.6) is 0 Å². The summed E-state index contributed by atoms with van der Waals surface area (Å²) in [6.45, 7) is 0. The lowest BCUT2D eigenvalue weighted by molar-refractivity contribution is 0.322. The van der Waals surface area contributed by atoms with Crippen molar-refractivity contribution >= 4 is 23.0 Å². The van der Waals surface area contributed by atoms with Gasteiger partial charge in [0.25, 0.3) is 0 Å². The number of nitrogens with zero attached hydrogens (tertiary/aromatic N) is 2. The molecule has 3 nitrogen and oxygen atoms in total. The van der Waals surface area contributed by atoms with Gasteiger partial charge in [-0.3, -0.25) is 4.99 Å². The molecule has 8 heavy (non-hydrogen) atoms. The number of rotatable bonds is 1. The maximum Gasteiger partial charge on any atom is 0.111 e. The average Bonchev–Trinajstić information content (AvgIpc) is 1.83. The van der Waals surface area contributed by atoms with E-state index < -0.39 is 0 Å². The lowest BCUT2D eigenvalue weighted by Gasteiger charge is -1.86. The zero-order valence-corrected chi connectivity index (χ0v) is 5.64. The predicted octanol–water partition coefficient (Wildman–Crippen LogP) is 0.838. The zero-order valence-electron chi connectivity index (χ0n) is 4.83. The van der Waals surface area contributed by atoms with E-state index in [-0.39, 0.29) is 0 Å². The van der Waals surface area contributed by atoms with Crippen molar-refractivity contribution < 1.29 is 5.21 Å². The molecule has 1 N–H and O–H groups in total. The van der Waals surface area contributed by atoms with Crippen LogP contribution in [-0.2, 0) is 0 Å². The van der Waals surface area contributed by atoms with Crippen LogP contribution in [0.15, 0.2) is 10.1 Å². The van der Waals surface area contributed by atoms with E-state index in [9.17, 15) is 0 Å². The minimum absolute atomic E-state index is 0.715. The lowest BCUT2D eigenvalue weighted by Crippen LogP contribution is -1.90. The fourth-order valence-electron chi connectivity index (χ4n) is 0.251. The van der Waals surface area contributed by atoms with Crippen molar-refractivity contribution in [1.29, 1.82) is 0 Å². The third-order valence-corrected chi connectivity index (χ3v) is 1.30. The molecule has 0 saturated heterocycles. The van der Waals surface area contributed by atoms with Gasteiger partial charge in [0.15, 0.2) is 0 Å². The minimum atomic E-state index is 0.715. The van der Waals surface area contributed by atoms with Crippen LogP contribution in [0.2, 0.25) is 0 Å². The van der Waals surface area contributed by atoms with E-state index >= 15 is 0 Å². The van der Waals surface area contributed by atoms with Crippen LogP contribution >= 0.6 is 11.8 Å². The van der Waals surface area contributed by atoms with Crippen molar-refractivity contribution in [3.05, 3.63) is 0 Å². The molecule has 0 unspecified atom stereocenters. The fraction of sp³-hybridized carbons (Fsp3) is 0.500. The molecule has 0 bridgehead atoms. The molecular formula is C4H8N2OS. The molecule has 0 saturated carbocycles. The minimum Gasteiger partial charge on any atom is -0.411 e. The Labute approximate surface area is 52.5 Å². The Morgan fingerprint density at radius 1 is 1.75 bits per heavy atom. The van der Waals surface area contributed by atoms with Gasteiger partial charge in [0.2, 0.25) is 0 Å². The summed E-state index contributed by atoms with van der Waals surface area (Å²) >= 11 is 1.44. The highest BCUT2D eigenvalue weighted by Gasteiger charge is 1.85. The molecule has 0 radical (unpaired) electrons. The average molecular weight is 132 g/mol. The lowest BCUT2D eigenvalue weighted by atomic mass is 10.8. The Kier molecular flexibility index (Phi) is 4.35.